The third-order valence-electron chi connectivity index (χ3n) is 5.70. The van der Waals surface area contributed by atoms with Gasteiger partial charge in [0.2, 0.25) is 0 Å². The van der Waals surface area contributed by atoms with E-state index in [2.05, 4.69) is 0 Å². The normalized spacial score (nSPS) is 15.0. The highest BCUT2D eigenvalue weighted by molar-refractivity contribution is 6.00. The van der Waals surface area contributed by atoms with Gasteiger partial charge < -0.3 is 14.6 Å². The fourth-order valence-corrected chi connectivity index (χ4v) is 3.98. The minimum atomic E-state index is -1.66. The van der Waals surface area contributed by atoms with E-state index in [4.69, 9.17) is 0 Å². The van der Waals surface area contributed by atoms with Gasteiger partial charge in [0.05, 0.1) is 5.56 Å². The number of carbonyl (C=O) groups excluding carboxylic acids is 2. The summed E-state index contributed by atoms with van der Waals surface area (Å²) in [6.07, 6.45) is 0.599. The van der Waals surface area contributed by atoms with Gasteiger partial charge >= 0.3 is 0 Å². The van der Waals surface area contributed by atoms with Crippen LogP contribution in [-0.2, 0) is 7.05 Å². The molecule has 1 fully saturated rings. The lowest BCUT2D eigenvalue weighted by Gasteiger charge is -2.31. The van der Waals surface area contributed by atoms with Crippen molar-refractivity contribution in [1.29, 1.82) is 0 Å². The van der Waals surface area contributed by atoms with Crippen molar-refractivity contribution >= 4 is 22.6 Å². The summed E-state index contributed by atoms with van der Waals surface area (Å²) in [5.41, 5.74) is 0.786. The number of aromatic hydroxyl groups is 1. The van der Waals surface area contributed by atoms with Crippen molar-refractivity contribution in [2.75, 3.05) is 13.1 Å². The molecule has 0 atom stereocenters. The van der Waals surface area contributed by atoms with Crippen LogP contribution in [0.5, 0.6) is 5.75 Å². The second kappa shape index (κ2) is 7.51. The quantitative estimate of drug-likeness (QED) is 0.518. The molecule has 0 bridgehead atoms. The third-order valence-corrected chi connectivity index (χ3v) is 5.70. The van der Waals surface area contributed by atoms with E-state index in [0.29, 0.717) is 18.5 Å². The number of phenolic OH excluding ortho intramolecular Hbond substituents is 1. The molecule has 156 valence electrons. The number of hydrogen-bond acceptors (Lipinski definition) is 3. The Morgan fingerprint density at radius 1 is 1.00 bits per heavy atom. The van der Waals surface area contributed by atoms with Crippen LogP contribution in [0, 0.1) is 23.4 Å². The van der Waals surface area contributed by atoms with Crippen molar-refractivity contribution in [2.24, 2.45) is 13.0 Å². The summed E-state index contributed by atoms with van der Waals surface area (Å²) in [6.45, 7) is 0.570. The molecular weight excluding hydrogens is 397 g/mol. The van der Waals surface area contributed by atoms with Gasteiger partial charge in [-0.2, -0.15) is 0 Å². The van der Waals surface area contributed by atoms with E-state index >= 15 is 0 Å². The van der Waals surface area contributed by atoms with Crippen molar-refractivity contribution in [1.82, 2.24) is 9.47 Å². The number of aryl methyl sites for hydroxylation is 1. The van der Waals surface area contributed by atoms with Crippen molar-refractivity contribution in [3.63, 3.8) is 0 Å². The van der Waals surface area contributed by atoms with Crippen LogP contribution >= 0.6 is 0 Å². The van der Waals surface area contributed by atoms with Gasteiger partial charge in [0.1, 0.15) is 11.4 Å². The van der Waals surface area contributed by atoms with E-state index in [-0.39, 0.29) is 24.7 Å². The Labute approximate surface area is 170 Å². The van der Waals surface area contributed by atoms with Crippen LogP contribution in [0.25, 0.3) is 10.9 Å². The number of Topliss-reactive ketones (excluding diaryl/α,β-unsaturated/α-hetero) is 1. The number of nitrogens with zero attached hydrogens (tertiary/aromatic N) is 2. The first-order valence-corrected chi connectivity index (χ1v) is 9.53. The van der Waals surface area contributed by atoms with E-state index in [1.807, 2.05) is 0 Å². The van der Waals surface area contributed by atoms with Crippen molar-refractivity contribution in [3.8, 4) is 5.75 Å². The predicted octanol–water partition coefficient (Wildman–Crippen LogP) is 4.04. The number of piperidine rings is 1. The lowest BCUT2D eigenvalue weighted by atomic mass is 9.88. The molecule has 4 rings (SSSR count). The van der Waals surface area contributed by atoms with E-state index in [9.17, 15) is 27.9 Å². The Hall–Kier alpha value is -3.29. The molecule has 2 heterocycles. The molecule has 5 nitrogen and oxygen atoms in total. The number of hydrogen-bond donors (Lipinski definition) is 1. The minimum absolute atomic E-state index is 0.107. The Bertz CT molecular complexity index is 1160. The first-order valence-electron chi connectivity index (χ1n) is 9.53. The highest BCUT2D eigenvalue weighted by Gasteiger charge is 2.31. The van der Waals surface area contributed by atoms with Crippen molar-refractivity contribution < 1.29 is 27.9 Å². The number of phenols is 1. The molecule has 0 radical (unpaired) electrons. The number of likely N-dealkylation sites (tertiary alicyclic amines) is 1. The molecule has 1 aliphatic heterocycles. The number of aromatic nitrogens is 1. The molecule has 0 saturated carbocycles. The maximum Gasteiger partial charge on any atom is 0.270 e. The molecule has 30 heavy (non-hydrogen) atoms. The maximum absolute atomic E-state index is 13.9. The smallest absolute Gasteiger partial charge is 0.270 e. The van der Waals surface area contributed by atoms with Crippen LogP contribution < -0.4 is 0 Å². The molecular formula is C22H19F3N2O3. The number of halogens is 3. The van der Waals surface area contributed by atoms with E-state index in [1.54, 1.807) is 40.8 Å². The average molecular weight is 416 g/mol. The first kappa shape index (κ1) is 20.0. The van der Waals surface area contributed by atoms with Gasteiger partial charge in [-0.1, -0.05) is 0 Å². The number of benzene rings is 2. The zero-order chi connectivity index (χ0) is 21.6. The van der Waals surface area contributed by atoms with Crippen molar-refractivity contribution in [2.45, 2.75) is 12.8 Å². The zero-order valence-electron chi connectivity index (χ0n) is 16.2. The second-order valence-electron chi connectivity index (χ2n) is 7.49. The standard InChI is InChI=1S/C22H19F3N2O3/c1-26-17-5-2-14(28)10-13(17)11-18(26)22(30)27-8-6-12(7-9-27)21(29)15-3-4-16(23)20(25)19(15)24/h2-5,10-12,28H,6-9H2,1H3. The predicted molar refractivity (Wildman–Crippen MR) is 104 cm³/mol. The summed E-state index contributed by atoms with van der Waals surface area (Å²) in [5, 5.41) is 10.4. The first-order chi connectivity index (χ1) is 14.3. The van der Waals surface area contributed by atoms with E-state index in [1.165, 1.54) is 0 Å². The Kier molecular flexibility index (Phi) is 5.01. The topological polar surface area (TPSA) is 62.5 Å². The summed E-state index contributed by atoms with van der Waals surface area (Å²) in [6, 6.07) is 8.24. The highest BCUT2D eigenvalue weighted by Crippen LogP contribution is 2.28. The monoisotopic (exact) mass is 416 g/mol. The Morgan fingerprint density at radius 3 is 2.40 bits per heavy atom. The largest absolute Gasteiger partial charge is 0.508 e. The van der Waals surface area contributed by atoms with Gasteiger partial charge in [0, 0.05) is 37.0 Å². The highest BCUT2D eigenvalue weighted by atomic mass is 19.2. The third kappa shape index (κ3) is 3.32. The molecule has 3 aromatic rings. The fourth-order valence-electron chi connectivity index (χ4n) is 3.98. The van der Waals surface area contributed by atoms with Crippen LogP contribution in [0.4, 0.5) is 13.2 Å². The van der Waals surface area contributed by atoms with Gasteiger partial charge in [0.25, 0.3) is 5.91 Å². The minimum Gasteiger partial charge on any atom is -0.508 e. The summed E-state index contributed by atoms with van der Waals surface area (Å²) in [4.78, 5) is 27.1. The molecule has 0 unspecified atom stereocenters. The van der Waals surface area contributed by atoms with Gasteiger partial charge in [0.15, 0.2) is 23.2 Å². The number of carbonyl (C=O) groups is 2. The number of amides is 1. The van der Waals surface area contributed by atoms with Crippen LogP contribution in [0.3, 0.4) is 0 Å². The molecule has 0 aliphatic carbocycles. The van der Waals surface area contributed by atoms with Crippen LogP contribution in [0.1, 0.15) is 33.7 Å². The van der Waals surface area contributed by atoms with E-state index < -0.39 is 34.7 Å². The average Bonchev–Trinajstić information content (AvgIpc) is 3.07. The summed E-state index contributed by atoms with van der Waals surface area (Å²) < 4.78 is 42.3. The summed E-state index contributed by atoms with van der Waals surface area (Å²) >= 11 is 0. The molecule has 1 saturated heterocycles. The van der Waals surface area contributed by atoms with Crippen LogP contribution in [-0.4, -0.2) is 39.4 Å². The number of ketones is 1. The van der Waals surface area contributed by atoms with Crippen LogP contribution in [0.15, 0.2) is 36.4 Å². The number of fused-ring (bicyclic) bond motifs is 1. The lowest BCUT2D eigenvalue weighted by molar-refractivity contribution is 0.0641. The summed E-state index contributed by atoms with van der Waals surface area (Å²) in [5.74, 6) is -5.73. The van der Waals surface area contributed by atoms with Gasteiger partial charge in [-0.15, -0.1) is 0 Å². The molecule has 1 amide bonds. The molecule has 1 N–H and O–H groups in total. The van der Waals surface area contributed by atoms with E-state index in [0.717, 1.165) is 23.0 Å². The van der Waals surface area contributed by atoms with Crippen LogP contribution in [0.2, 0.25) is 0 Å². The molecule has 2 aromatic carbocycles. The molecule has 8 heteroatoms. The number of rotatable bonds is 3. The van der Waals surface area contributed by atoms with Gasteiger partial charge in [-0.3, -0.25) is 9.59 Å². The Morgan fingerprint density at radius 2 is 1.70 bits per heavy atom. The summed E-state index contributed by atoms with van der Waals surface area (Å²) in [7, 11) is 1.76. The molecule has 0 spiro atoms. The fraction of sp³-hybridized carbons (Fsp3) is 0.273. The van der Waals surface area contributed by atoms with Gasteiger partial charge in [-0.25, -0.2) is 13.2 Å². The van der Waals surface area contributed by atoms with Gasteiger partial charge in [-0.05, 0) is 49.2 Å². The molecule has 1 aliphatic rings. The van der Waals surface area contributed by atoms with Crippen molar-refractivity contribution in [3.05, 3.63) is 65.1 Å². The molecule has 1 aromatic heterocycles. The lowest BCUT2D eigenvalue weighted by Crippen LogP contribution is -2.41. The zero-order valence-corrected chi connectivity index (χ0v) is 16.2. The Balaban J connectivity index is 1.48. The maximum atomic E-state index is 13.9. The SMILES string of the molecule is Cn1c(C(=O)N2CCC(C(=O)c3ccc(F)c(F)c3F)CC2)cc2cc(O)ccc21. The second-order valence-corrected chi connectivity index (χ2v) is 7.49.